The molecule has 0 bridgehead atoms. The van der Waals surface area contributed by atoms with Crippen molar-refractivity contribution in [1.82, 2.24) is 19.4 Å². The molecule has 1 saturated carbocycles. The van der Waals surface area contributed by atoms with Gasteiger partial charge in [-0.2, -0.15) is 5.26 Å². The Balaban J connectivity index is 1.11. The molecule has 6 rings (SSSR count). The Bertz CT molecular complexity index is 1830. The minimum absolute atomic E-state index is 0.0566. The minimum atomic E-state index is -1.11. The van der Waals surface area contributed by atoms with E-state index in [0.29, 0.717) is 53.0 Å². The first-order chi connectivity index (χ1) is 22.2. The van der Waals surface area contributed by atoms with Gasteiger partial charge in [0.1, 0.15) is 24.1 Å². The molecule has 0 atom stereocenters. The van der Waals surface area contributed by atoms with Crippen LogP contribution < -0.4 is 9.47 Å². The van der Waals surface area contributed by atoms with E-state index in [-0.39, 0.29) is 29.4 Å². The molecule has 9 nitrogen and oxygen atoms in total. The number of benzene rings is 2. The summed E-state index contributed by atoms with van der Waals surface area (Å²) in [5.74, 6) is -0.903. The Hall–Kier alpha value is -4.53. The molecule has 2 aliphatic rings. The Morgan fingerprint density at radius 1 is 1.13 bits per heavy atom. The van der Waals surface area contributed by atoms with E-state index in [1.54, 1.807) is 24.3 Å². The maximum absolute atomic E-state index is 15.2. The van der Waals surface area contributed by atoms with Crippen LogP contribution in [0.2, 0.25) is 5.02 Å². The molecule has 0 spiro atoms. The third-order valence-electron chi connectivity index (χ3n) is 8.47. The van der Waals surface area contributed by atoms with Crippen LogP contribution >= 0.6 is 11.6 Å². The van der Waals surface area contributed by atoms with E-state index in [1.807, 2.05) is 10.6 Å². The van der Waals surface area contributed by atoms with Crippen molar-refractivity contribution in [3.05, 3.63) is 88.3 Å². The molecular formula is C34H32ClF2N5O4. The number of hydrogen-bond donors (Lipinski definition) is 1. The minimum Gasteiger partial charge on any atom is -0.484 e. The Kier molecular flexibility index (Phi) is 9.20. The van der Waals surface area contributed by atoms with Crippen LogP contribution in [-0.4, -0.2) is 49.7 Å². The number of carbonyl (C=O) groups is 1. The van der Waals surface area contributed by atoms with E-state index in [2.05, 4.69) is 16.0 Å². The Labute approximate surface area is 269 Å². The van der Waals surface area contributed by atoms with Crippen LogP contribution in [0.5, 0.6) is 11.6 Å². The summed E-state index contributed by atoms with van der Waals surface area (Å²) in [6, 6.07) is 15.0. The van der Waals surface area contributed by atoms with Crippen molar-refractivity contribution >= 4 is 34.7 Å². The van der Waals surface area contributed by atoms with E-state index in [9.17, 15) is 14.4 Å². The second-order valence-electron chi connectivity index (χ2n) is 11.9. The number of hydrogen-bond acceptors (Lipinski definition) is 7. The van der Waals surface area contributed by atoms with Gasteiger partial charge in [-0.25, -0.2) is 23.5 Å². The van der Waals surface area contributed by atoms with Crippen LogP contribution in [0.3, 0.4) is 0 Å². The third-order valence-corrected chi connectivity index (χ3v) is 8.70. The number of carboxylic acid groups (broad SMARTS) is 1. The fourth-order valence-electron chi connectivity index (χ4n) is 5.78. The van der Waals surface area contributed by atoms with E-state index < -0.39 is 17.6 Å². The fourth-order valence-corrected chi connectivity index (χ4v) is 5.94. The van der Waals surface area contributed by atoms with E-state index in [1.165, 1.54) is 24.3 Å². The monoisotopic (exact) mass is 647 g/mol. The molecule has 3 heterocycles. The van der Waals surface area contributed by atoms with Crippen molar-refractivity contribution < 1.29 is 28.2 Å². The van der Waals surface area contributed by atoms with Gasteiger partial charge in [-0.3, -0.25) is 4.90 Å². The summed E-state index contributed by atoms with van der Waals surface area (Å²) in [5.41, 5.74) is 1.71. The first kappa shape index (κ1) is 31.5. The summed E-state index contributed by atoms with van der Waals surface area (Å²) in [4.78, 5) is 22.5. The highest BCUT2D eigenvalue weighted by Crippen LogP contribution is 2.50. The second-order valence-corrected chi connectivity index (χ2v) is 12.4. The van der Waals surface area contributed by atoms with Gasteiger partial charge in [0, 0.05) is 48.6 Å². The summed E-state index contributed by atoms with van der Waals surface area (Å²) in [6.45, 7) is 2.57. The molecule has 238 valence electrons. The fraction of sp³-hybridized carbons (Fsp3) is 0.353. The first-order valence-electron chi connectivity index (χ1n) is 15.1. The smallest absolute Gasteiger partial charge is 0.328 e. The Morgan fingerprint density at radius 2 is 1.93 bits per heavy atom. The van der Waals surface area contributed by atoms with Crippen LogP contribution in [0.4, 0.5) is 8.78 Å². The highest BCUT2D eigenvalue weighted by molar-refractivity contribution is 6.30. The zero-order valence-corrected chi connectivity index (χ0v) is 25.7. The van der Waals surface area contributed by atoms with E-state index >= 15 is 4.39 Å². The van der Waals surface area contributed by atoms with Gasteiger partial charge in [0.2, 0.25) is 5.88 Å². The zero-order valence-electron chi connectivity index (χ0n) is 25.0. The SMILES string of the molecule is N#CCC1(Cn2c(CN3CCC(Oc4cccc(COc5ccc(Cl)cc5F)n4)CC3)nc3c(F)cc(/C=C/C(=O)O)cc32)CC1. The lowest BCUT2D eigenvalue weighted by Crippen LogP contribution is -2.38. The first-order valence-corrected chi connectivity index (χ1v) is 15.5. The van der Waals surface area contributed by atoms with Gasteiger partial charge in [0.25, 0.3) is 0 Å². The molecule has 46 heavy (non-hydrogen) atoms. The number of halogens is 3. The van der Waals surface area contributed by atoms with Crippen LogP contribution in [0, 0.1) is 28.4 Å². The summed E-state index contributed by atoms with van der Waals surface area (Å²) < 4.78 is 43.1. The lowest BCUT2D eigenvalue weighted by atomic mass is 10.0. The molecule has 2 aromatic carbocycles. The average molecular weight is 648 g/mol. The van der Waals surface area contributed by atoms with Crippen molar-refractivity contribution in [1.29, 1.82) is 5.26 Å². The number of aromatic nitrogens is 3. The highest BCUT2D eigenvalue weighted by Gasteiger charge is 2.43. The predicted molar refractivity (Wildman–Crippen MR) is 167 cm³/mol. The summed E-state index contributed by atoms with van der Waals surface area (Å²) in [5, 5.41) is 18.7. The molecule has 1 N–H and O–H groups in total. The van der Waals surface area contributed by atoms with Gasteiger partial charge in [-0.05, 0) is 73.7 Å². The zero-order chi connectivity index (χ0) is 32.3. The summed E-state index contributed by atoms with van der Waals surface area (Å²) >= 11 is 5.81. The number of likely N-dealkylation sites (tertiary alicyclic amines) is 1. The van der Waals surface area contributed by atoms with Gasteiger partial charge in [0.15, 0.2) is 17.4 Å². The molecular weight excluding hydrogens is 616 g/mol. The van der Waals surface area contributed by atoms with Gasteiger partial charge in [0.05, 0.1) is 23.8 Å². The van der Waals surface area contributed by atoms with Crippen molar-refractivity contribution in [2.24, 2.45) is 5.41 Å². The number of carboxylic acids is 1. The molecule has 12 heteroatoms. The number of imidazole rings is 1. The molecule has 0 radical (unpaired) electrons. The van der Waals surface area contributed by atoms with Crippen LogP contribution in [0.15, 0.2) is 54.6 Å². The molecule has 1 saturated heterocycles. The number of nitriles is 1. The number of pyridine rings is 1. The van der Waals surface area contributed by atoms with Crippen molar-refractivity contribution in [2.75, 3.05) is 13.1 Å². The maximum atomic E-state index is 15.2. The number of piperidine rings is 1. The summed E-state index contributed by atoms with van der Waals surface area (Å²) in [6.07, 6.45) is 6.03. The predicted octanol–water partition coefficient (Wildman–Crippen LogP) is 6.78. The van der Waals surface area contributed by atoms with Crippen molar-refractivity contribution in [3.63, 3.8) is 0 Å². The van der Waals surface area contributed by atoms with Crippen molar-refractivity contribution in [2.45, 2.75) is 57.9 Å². The van der Waals surface area contributed by atoms with Gasteiger partial charge in [-0.1, -0.05) is 17.7 Å². The molecule has 1 aliphatic heterocycles. The normalized spacial score (nSPS) is 16.5. The summed E-state index contributed by atoms with van der Waals surface area (Å²) in [7, 11) is 0. The van der Waals surface area contributed by atoms with Crippen molar-refractivity contribution in [3.8, 4) is 17.7 Å². The van der Waals surface area contributed by atoms with E-state index in [0.717, 1.165) is 44.8 Å². The van der Waals surface area contributed by atoms with Crippen LogP contribution in [0.25, 0.3) is 17.1 Å². The quantitative estimate of drug-likeness (QED) is 0.168. The third kappa shape index (κ3) is 7.46. The average Bonchev–Trinajstić information content (AvgIpc) is 3.71. The maximum Gasteiger partial charge on any atom is 0.328 e. The lowest BCUT2D eigenvalue weighted by Gasteiger charge is -2.32. The highest BCUT2D eigenvalue weighted by atomic mass is 35.5. The molecule has 2 fully saturated rings. The Morgan fingerprint density at radius 3 is 2.65 bits per heavy atom. The number of nitrogens with zero attached hydrogens (tertiary/aromatic N) is 5. The van der Waals surface area contributed by atoms with Gasteiger partial charge in [-0.15, -0.1) is 0 Å². The topological polar surface area (TPSA) is 114 Å². The van der Waals surface area contributed by atoms with E-state index in [4.69, 9.17) is 31.2 Å². The molecule has 1 aliphatic carbocycles. The molecule has 0 unspecified atom stereocenters. The largest absolute Gasteiger partial charge is 0.484 e. The number of rotatable bonds is 12. The molecule has 2 aromatic heterocycles. The number of aliphatic carboxylic acids is 1. The van der Waals surface area contributed by atoms with Crippen LogP contribution in [0.1, 0.15) is 49.2 Å². The standard InChI is InChI=1S/C34H32ClF2N5O4/c35-23-5-6-29(26(36)18-23)45-20-24-2-1-3-31(39-24)46-25-8-14-41(15-9-25)19-30-40-33-27(37)16-22(4-7-32(43)44)17-28(33)42(30)21-34(10-11-34)12-13-38/h1-7,16-18,25H,8-12,14-15,19-21H2,(H,43,44)/b7-4+. The van der Waals surface area contributed by atoms with Gasteiger partial charge >= 0.3 is 5.97 Å². The molecule has 0 amide bonds. The van der Waals surface area contributed by atoms with Gasteiger partial charge < -0.3 is 19.1 Å². The van der Waals surface area contributed by atoms with Crippen LogP contribution in [-0.2, 0) is 24.5 Å². The lowest BCUT2D eigenvalue weighted by molar-refractivity contribution is -0.131. The number of fused-ring (bicyclic) bond motifs is 1. The second kappa shape index (κ2) is 13.4. The molecule has 4 aromatic rings. The number of ether oxygens (including phenoxy) is 2.